The zero-order valence-corrected chi connectivity index (χ0v) is 13.2. The Labute approximate surface area is 132 Å². The fraction of sp³-hybridized carbons (Fsp3) is 0.286. The van der Waals surface area contributed by atoms with Crippen LogP contribution in [0.4, 0.5) is 4.39 Å². The maximum absolute atomic E-state index is 13.3. The van der Waals surface area contributed by atoms with Gasteiger partial charge in [-0.3, -0.25) is 4.79 Å². The SMILES string of the molecule is COc1ccc(F)cc1S(=O)(=O)NCCCn1ncccc1=O. The Kier molecular flexibility index (Phi) is 5.45. The molecule has 2 rings (SSSR count). The number of nitrogens with one attached hydrogen (secondary N) is 1. The monoisotopic (exact) mass is 341 g/mol. The summed E-state index contributed by atoms with van der Waals surface area (Å²) in [4.78, 5) is 11.2. The van der Waals surface area contributed by atoms with Gasteiger partial charge in [0.1, 0.15) is 16.5 Å². The predicted molar refractivity (Wildman–Crippen MR) is 81.3 cm³/mol. The Hall–Kier alpha value is -2.26. The predicted octanol–water partition coefficient (Wildman–Crippen LogP) is 0.760. The third kappa shape index (κ3) is 4.36. The van der Waals surface area contributed by atoms with Gasteiger partial charge in [0.15, 0.2) is 0 Å². The van der Waals surface area contributed by atoms with Crippen LogP contribution in [0.25, 0.3) is 0 Å². The number of nitrogens with zero attached hydrogens (tertiary/aromatic N) is 2. The van der Waals surface area contributed by atoms with E-state index in [0.717, 1.165) is 12.1 Å². The van der Waals surface area contributed by atoms with E-state index >= 15 is 0 Å². The Balaban J connectivity index is 2.01. The topological polar surface area (TPSA) is 90.3 Å². The molecule has 1 N–H and O–H groups in total. The lowest BCUT2D eigenvalue weighted by molar-refractivity contribution is 0.400. The molecule has 0 aliphatic carbocycles. The van der Waals surface area contributed by atoms with Crippen LogP contribution in [-0.2, 0) is 16.6 Å². The minimum absolute atomic E-state index is 0.0554. The zero-order chi connectivity index (χ0) is 16.9. The summed E-state index contributed by atoms with van der Waals surface area (Å²) in [6, 6.07) is 6.15. The molecule has 0 fully saturated rings. The highest BCUT2D eigenvalue weighted by atomic mass is 32.2. The van der Waals surface area contributed by atoms with Crippen molar-refractivity contribution in [3.8, 4) is 5.75 Å². The minimum atomic E-state index is -3.91. The van der Waals surface area contributed by atoms with E-state index in [2.05, 4.69) is 9.82 Å². The summed E-state index contributed by atoms with van der Waals surface area (Å²) >= 11 is 0. The second-order valence-electron chi connectivity index (χ2n) is 4.63. The molecular formula is C14H16FN3O4S. The second kappa shape index (κ2) is 7.34. The molecule has 1 heterocycles. The summed E-state index contributed by atoms with van der Waals surface area (Å²) in [5.74, 6) is -0.619. The highest BCUT2D eigenvalue weighted by molar-refractivity contribution is 7.89. The molecule has 1 aromatic carbocycles. The van der Waals surface area contributed by atoms with Gasteiger partial charge in [0, 0.05) is 25.4 Å². The number of benzene rings is 1. The standard InChI is InChI=1S/C14H16FN3O4S/c1-22-12-6-5-11(15)10-13(12)23(20,21)17-8-3-9-18-14(19)4-2-7-16-18/h2,4-7,10,17H,3,8-9H2,1H3. The maximum Gasteiger partial charge on any atom is 0.266 e. The van der Waals surface area contributed by atoms with E-state index in [1.807, 2.05) is 0 Å². The van der Waals surface area contributed by atoms with Crippen LogP contribution >= 0.6 is 0 Å². The van der Waals surface area contributed by atoms with E-state index in [9.17, 15) is 17.6 Å². The van der Waals surface area contributed by atoms with Gasteiger partial charge < -0.3 is 4.74 Å². The van der Waals surface area contributed by atoms with E-state index in [1.165, 1.54) is 36.2 Å². The van der Waals surface area contributed by atoms with E-state index < -0.39 is 15.8 Å². The molecule has 0 spiro atoms. The molecule has 0 saturated heterocycles. The Morgan fingerprint density at radius 1 is 1.35 bits per heavy atom. The number of hydrogen-bond acceptors (Lipinski definition) is 5. The van der Waals surface area contributed by atoms with Gasteiger partial charge in [0.05, 0.1) is 7.11 Å². The summed E-state index contributed by atoms with van der Waals surface area (Å²) < 4.78 is 46.2. The lowest BCUT2D eigenvalue weighted by atomic mass is 10.3. The lowest BCUT2D eigenvalue weighted by Gasteiger charge is -2.11. The van der Waals surface area contributed by atoms with E-state index in [4.69, 9.17) is 4.74 Å². The zero-order valence-electron chi connectivity index (χ0n) is 12.4. The fourth-order valence-corrected chi connectivity index (χ4v) is 3.18. The first-order chi connectivity index (χ1) is 10.9. The molecule has 0 saturated carbocycles. The summed E-state index contributed by atoms with van der Waals surface area (Å²) in [6.07, 6.45) is 1.83. The number of rotatable bonds is 7. The van der Waals surface area contributed by atoms with Gasteiger partial charge in [-0.2, -0.15) is 5.10 Å². The second-order valence-corrected chi connectivity index (χ2v) is 6.37. The third-order valence-corrected chi connectivity index (χ3v) is 4.52. The average molecular weight is 341 g/mol. The number of ether oxygens (including phenoxy) is 1. The molecule has 0 aliphatic rings. The van der Waals surface area contributed by atoms with Crippen molar-refractivity contribution < 1.29 is 17.5 Å². The molecule has 0 atom stereocenters. The molecule has 0 amide bonds. The molecule has 124 valence electrons. The van der Waals surface area contributed by atoms with Crippen LogP contribution in [0.15, 0.2) is 46.2 Å². The van der Waals surface area contributed by atoms with Crippen molar-refractivity contribution in [1.29, 1.82) is 0 Å². The third-order valence-electron chi connectivity index (χ3n) is 3.04. The molecule has 1 aromatic heterocycles. The van der Waals surface area contributed by atoms with Crippen molar-refractivity contribution in [2.24, 2.45) is 0 Å². The minimum Gasteiger partial charge on any atom is -0.495 e. The van der Waals surface area contributed by atoms with Crippen LogP contribution in [0.1, 0.15) is 6.42 Å². The van der Waals surface area contributed by atoms with Crippen molar-refractivity contribution in [2.45, 2.75) is 17.9 Å². The van der Waals surface area contributed by atoms with Crippen molar-refractivity contribution in [2.75, 3.05) is 13.7 Å². The van der Waals surface area contributed by atoms with Crippen LogP contribution in [0.5, 0.6) is 5.75 Å². The molecule has 7 nitrogen and oxygen atoms in total. The summed E-state index contributed by atoms with van der Waals surface area (Å²) in [5, 5.41) is 3.87. The summed E-state index contributed by atoms with van der Waals surface area (Å²) in [7, 11) is -2.61. The maximum atomic E-state index is 13.3. The van der Waals surface area contributed by atoms with Crippen LogP contribution in [0, 0.1) is 5.82 Å². The highest BCUT2D eigenvalue weighted by Gasteiger charge is 2.19. The van der Waals surface area contributed by atoms with E-state index in [-0.39, 0.29) is 29.3 Å². The smallest absolute Gasteiger partial charge is 0.266 e. The Morgan fingerprint density at radius 2 is 2.13 bits per heavy atom. The molecule has 0 unspecified atom stereocenters. The molecule has 23 heavy (non-hydrogen) atoms. The normalized spacial score (nSPS) is 11.4. The van der Waals surface area contributed by atoms with Crippen molar-refractivity contribution in [3.63, 3.8) is 0 Å². The van der Waals surface area contributed by atoms with Crippen LogP contribution in [0.3, 0.4) is 0 Å². The number of methoxy groups -OCH3 is 1. The van der Waals surface area contributed by atoms with Gasteiger partial charge >= 0.3 is 0 Å². The van der Waals surface area contributed by atoms with Crippen LogP contribution in [-0.4, -0.2) is 31.9 Å². The molecule has 0 radical (unpaired) electrons. The molecule has 0 bridgehead atoms. The molecule has 9 heteroatoms. The van der Waals surface area contributed by atoms with Gasteiger partial charge in [0.25, 0.3) is 5.56 Å². The number of sulfonamides is 1. The highest BCUT2D eigenvalue weighted by Crippen LogP contribution is 2.24. The van der Waals surface area contributed by atoms with Crippen molar-refractivity contribution >= 4 is 10.0 Å². The Morgan fingerprint density at radius 3 is 2.83 bits per heavy atom. The van der Waals surface area contributed by atoms with Crippen molar-refractivity contribution in [3.05, 3.63) is 52.7 Å². The number of halogens is 1. The van der Waals surface area contributed by atoms with E-state index in [1.54, 1.807) is 0 Å². The molecule has 0 aliphatic heterocycles. The first-order valence-electron chi connectivity index (χ1n) is 6.79. The van der Waals surface area contributed by atoms with Gasteiger partial charge in [-0.25, -0.2) is 22.2 Å². The van der Waals surface area contributed by atoms with Gasteiger partial charge in [0.2, 0.25) is 10.0 Å². The largest absolute Gasteiger partial charge is 0.495 e. The first-order valence-corrected chi connectivity index (χ1v) is 8.28. The van der Waals surface area contributed by atoms with Gasteiger partial charge in [-0.15, -0.1) is 0 Å². The van der Waals surface area contributed by atoms with Crippen LogP contribution < -0.4 is 15.0 Å². The summed E-state index contributed by atoms with van der Waals surface area (Å²) in [5.41, 5.74) is -0.262. The van der Waals surface area contributed by atoms with Gasteiger partial charge in [-0.1, -0.05) is 0 Å². The van der Waals surface area contributed by atoms with E-state index in [0.29, 0.717) is 6.42 Å². The quantitative estimate of drug-likeness (QED) is 0.751. The number of aryl methyl sites for hydroxylation is 1. The van der Waals surface area contributed by atoms with Crippen LogP contribution in [0.2, 0.25) is 0 Å². The first kappa shape index (κ1) is 17.1. The van der Waals surface area contributed by atoms with Crippen molar-refractivity contribution in [1.82, 2.24) is 14.5 Å². The Bertz CT molecular complexity index is 836. The summed E-state index contributed by atoms with van der Waals surface area (Å²) in [6.45, 7) is 0.341. The average Bonchev–Trinajstić information content (AvgIpc) is 2.53. The fourth-order valence-electron chi connectivity index (χ4n) is 1.93. The van der Waals surface area contributed by atoms with Gasteiger partial charge in [-0.05, 0) is 30.7 Å². The lowest BCUT2D eigenvalue weighted by Crippen LogP contribution is -2.28. The number of aromatic nitrogens is 2. The molecule has 2 aromatic rings. The molecular weight excluding hydrogens is 325 g/mol. The number of hydrogen-bond donors (Lipinski definition) is 1.